The van der Waals surface area contributed by atoms with E-state index >= 15 is 0 Å². The molecule has 1 N–H and O–H groups in total. The molecule has 1 aromatic heterocycles. The van der Waals surface area contributed by atoms with Gasteiger partial charge in [0.15, 0.2) is 0 Å². The van der Waals surface area contributed by atoms with Gasteiger partial charge in [0.05, 0.1) is 19.7 Å². The Kier molecular flexibility index (Phi) is 4.44. The van der Waals surface area contributed by atoms with Crippen molar-refractivity contribution >= 4 is 16.8 Å². The van der Waals surface area contributed by atoms with E-state index < -0.39 is 0 Å². The topological polar surface area (TPSA) is 48.6 Å². The smallest absolute Gasteiger partial charge is 0.270 e. The van der Waals surface area contributed by atoms with Gasteiger partial charge in [-0.15, -0.1) is 0 Å². The summed E-state index contributed by atoms with van der Waals surface area (Å²) < 4.78 is 6.30. The van der Waals surface area contributed by atoms with Crippen LogP contribution in [0, 0.1) is 5.92 Å². The number of carbonyl (C=O) groups excluding carboxylic acids is 1. The van der Waals surface area contributed by atoms with E-state index in [1.807, 2.05) is 35.2 Å². The molecule has 0 aliphatic carbocycles. The summed E-state index contributed by atoms with van der Waals surface area (Å²) in [4.78, 5) is 20.6. The van der Waals surface area contributed by atoms with E-state index in [4.69, 9.17) is 4.74 Å². The van der Waals surface area contributed by atoms with Gasteiger partial charge in [-0.2, -0.15) is 0 Å². The summed E-state index contributed by atoms with van der Waals surface area (Å²) in [6, 6.07) is 9.99. The second-order valence-electron chi connectivity index (χ2n) is 8.69. The summed E-state index contributed by atoms with van der Waals surface area (Å²) in [5, 5.41) is 1.09. The third kappa shape index (κ3) is 3.39. The number of aromatic amines is 1. The van der Waals surface area contributed by atoms with Gasteiger partial charge in [-0.05, 0) is 56.8 Å². The molecule has 144 valence electrons. The van der Waals surface area contributed by atoms with E-state index in [0.29, 0.717) is 11.6 Å². The zero-order valence-electron chi connectivity index (χ0n) is 16.0. The molecule has 3 aliphatic rings. The maximum atomic E-state index is 12.8. The number of aromatic nitrogens is 1. The molecule has 1 aromatic carbocycles. The van der Waals surface area contributed by atoms with Crippen molar-refractivity contribution in [1.29, 1.82) is 0 Å². The normalized spacial score (nSPS) is 25.6. The Morgan fingerprint density at radius 2 is 2.00 bits per heavy atom. The summed E-state index contributed by atoms with van der Waals surface area (Å²) in [5.74, 6) is 0.753. The number of nitrogens with one attached hydrogen (secondary N) is 1. The van der Waals surface area contributed by atoms with Crippen LogP contribution >= 0.6 is 0 Å². The third-order valence-corrected chi connectivity index (χ3v) is 6.60. The monoisotopic (exact) mass is 367 g/mol. The Bertz CT molecular complexity index is 775. The van der Waals surface area contributed by atoms with Gasteiger partial charge < -0.3 is 19.5 Å². The number of rotatable bonds is 3. The van der Waals surface area contributed by atoms with Gasteiger partial charge in [-0.3, -0.25) is 4.79 Å². The number of H-pyrrole nitrogens is 1. The van der Waals surface area contributed by atoms with Crippen LogP contribution in [-0.2, 0) is 4.74 Å². The number of benzene rings is 1. The van der Waals surface area contributed by atoms with Crippen molar-refractivity contribution in [2.75, 3.05) is 39.3 Å². The molecule has 3 fully saturated rings. The molecule has 2 aromatic rings. The predicted molar refractivity (Wildman–Crippen MR) is 106 cm³/mol. The largest absolute Gasteiger partial charge is 0.371 e. The summed E-state index contributed by atoms with van der Waals surface area (Å²) in [7, 11) is 0. The number of fused-ring (bicyclic) bond motifs is 1. The predicted octanol–water partition coefficient (Wildman–Crippen LogP) is 3.28. The maximum absolute atomic E-state index is 12.8. The van der Waals surface area contributed by atoms with Gasteiger partial charge in [-0.1, -0.05) is 24.6 Å². The van der Waals surface area contributed by atoms with Crippen LogP contribution in [0.25, 0.3) is 10.9 Å². The minimum absolute atomic E-state index is 0.0833. The first-order chi connectivity index (χ1) is 13.2. The molecule has 3 saturated heterocycles. The zero-order chi connectivity index (χ0) is 18.3. The van der Waals surface area contributed by atoms with Crippen molar-refractivity contribution < 1.29 is 9.53 Å². The molecule has 27 heavy (non-hydrogen) atoms. The molecule has 0 radical (unpaired) electrons. The van der Waals surface area contributed by atoms with Crippen LogP contribution in [0.1, 0.15) is 42.6 Å². The van der Waals surface area contributed by atoms with E-state index in [1.165, 1.54) is 45.3 Å². The first-order valence-electron chi connectivity index (χ1n) is 10.4. The minimum atomic E-state index is -0.0833. The van der Waals surface area contributed by atoms with Gasteiger partial charge in [-0.25, -0.2) is 0 Å². The number of piperidine rings is 1. The van der Waals surface area contributed by atoms with Crippen LogP contribution in [0.2, 0.25) is 0 Å². The molecule has 0 unspecified atom stereocenters. The van der Waals surface area contributed by atoms with Crippen LogP contribution in [-0.4, -0.2) is 65.6 Å². The van der Waals surface area contributed by atoms with Crippen molar-refractivity contribution in [2.24, 2.45) is 5.92 Å². The lowest BCUT2D eigenvalue weighted by molar-refractivity contribution is -0.169. The summed E-state index contributed by atoms with van der Waals surface area (Å²) in [6.45, 7) is 6.02. The highest BCUT2D eigenvalue weighted by Gasteiger charge is 2.48. The number of hydrogen-bond acceptors (Lipinski definition) is 3. The molecular formula is C22H29N3O2. The standard InChI is InChI=1S/C22H29N3O2/c26-21(20-12-18-6-2-3-7-19(18)23-20)25-15-22(16-25)9-8-17(14-27-22)13-24-10-4-1-5-11-24/h2-3,6-7,12,17,23H,1,4-5,8-11,13-16H2/t17-/m0/s1. The molecule has 0 bridgehead atoms. The third-order valence-electron chi connectivity index (χ3n) is 6.60. The SMILES string of the molecule is O=C(c1cc2ccccc2[nH]1)N1CC2(CC[C@@H](CN3CCCCC3)CO2)C1. The highest BCUT2D eigenvalue weighted by Crippen LogP contribution is 2.37. The Balaban J connectivity index is 1.14. The molecule has 1 amide bonds. The van der Waals surface area contributed by atoms with Gasteiger partial charge in [0.2, 0.25) is 0 Å². The first-order valence-corrected chi connectivity index (χ1v) is 10.4. The van der Waals surface area contributed by atoms with E-state index in [2.05, 4.69) is 9.88 Å². The molecule has 1 atom stereocenters. The van der Waals surface area contributed by atoms with Crippen molar-refractivity contribution in [3.05, 3.63) is 36.0 Å². The highest BCUT2D eigenvalue weighted by molar-refractivity contribution is 5.98. The lowest BCUT2D eigenvalue weighted by Crippen LogP contribution is -2.66. The fraction of sp³-hybridized carbons (Fsp3) is 0.591. The second-order valence-corrected chi connectivity index (χ2v) is 8.69. The second kappa shape index (κ2) is 6.95. The van der Waals surface area contributed by atoms with Gasteiger partial charge in [0.25, 0.3) is 5.91 Å². The highest BCUT2D eigenvalue weighted by atomic mass is 16.5. The summed E-state index contributed by atoms with van der Waals surface area (Å²) in [6.07, 6.45) is 6.40. The van der Waals surface area contributed by atoms with E-state index in [-0.39, 0.29) is 11.5 Å². The van der Waals surface area contributed by atoms with Gasteiger partial charge in [0, 0.05) is 17.4 Å². The molecule has 3 aliphatic heterocycles. The van der Waals surface area contributed by atoms with Crippen molar-refractivity contribution in [2.45, 2.75) is 37.7 Å². The fourth-order valence-corrected chi connectivity index (χ4v) is 4.97. The number of ether oxygens (including phenoxy) is 1. The van der Waals surface area contributed by atoms with E-state index in [1.54, 1.807) is 0 Å². The van der Waals surface area contributed by atoms with Gasteiger partial charge in [0.1, 0.15) is 11.3 Å². The lowest BCUT2D eigenvalue weighted by Gasteiger charge is -2.53. The zero-order valence-corrected chi connectivity index (χ0v) is 16.0. The van der Waals surface area contributed by atoms with Crippen LogP contribution in [0.3, 0.4) is 0 Å². The molecule has 4 heterocycles. The number of hydrogen-bond donors (Lipinski definition) is 1. The molecule has 5 heteroatoms. The van der Waals surface area contributed by atoms with E-state index in [9.17, 15) is 4.79 Å². The quantitative estimate of drug-likeness (QED) is 0.906. The van der Waals surface area contributed by atoms with Crippen molar-refractivity contribution in [1.82, 2.24) is 14.8 Å². The molecule has 5 nitrogen and oxygen atoms in total. The number of nitrogens with zero attached hydrogens (tertiary/aromatic N) is 2. The van der Waals surface area contributed by atoms with Crippen LogP contribution in [0.15, 0.2) is 30.3 Å². The Morgan fingerprint density at radius 3 is 2.74 bits per heavy atom. The lowest BCUT2D eigenvalue weighted by atomic mass is 9.82. The molecule has 5 rings (SSSR count). The summed E-state index contributed by atoms with van der Waals surface area (Å²) >= 11 is 0. The van der Waals surface area contributed by atoms with Crippen LogP contribution < -0.4 is 0 Å². The average Bonchev–Trinajstić information content (AvgIpc) is 3.11. The fourth-order valence-electron chi connectivity index (χ4n) is 4.97. The summed E-state index contributed by atoms with van der Waals surface area (Å²) in [5.41, 5.74) is 1.62. The van der Waals surface area contributed by atoms with Crippen LogP contribution in [0.5, 0.6) is 0 Å². The Labute approximate surface area is 160 Å². The van der Waals surface area contributed by atoms with Gasteiger partial charge >= 0.3 is 0 Å². The molecular weight excluding hydrogens is 338 g/mol. The number of para-hydroxylation sites is 1. The van der Waals surface area contributed by atoms with E-state index in [0.717, 1.165) is 37.0 Å². The minimum Gasteiger partial charge on any atom is -0.371 e. The van der Waals surface area contributed by atoms with Crippen molar-refractivity contribution in [3.63, 3.8) is 0 Å². The number of amides is 1. The van der Waals surface area contributed by atoms with Crippen LogP contribution in [0.4, 0.5) is 0 Å². The number of carbonyl (C=O) groups is 1. The number of likely N-dealkylation sites (tertiary alicyclic amines) is 2. The average molecular weight is 367 g/mol. The Morgan fingerprint density at radius 1 is 1.19 bits per heavy atom. The maximum Gasteiger partial charge on any atom is 0.270 e. The van der Waals surface area contributed by atoms with Crippen molar-refractivity contribution in [3.8, 4) is 0 Å². The molecule has 0 saturated carbocycles. The Hall–Kier alpha value is -1.85. The molecule has 1 spiro atoms. The first kappa shape index (κ1) is 17.3.